The summed E-state index contributed by atoms with van der Waals surface area (Å²) in [5, 5.41) is 7.76. The zero-order chi connectivity index (χ0) is 20.0. The molecule has 1 aliphatic heterocycles. The molecule has 0 saturated heterocycles. The Morgan fingerprint density at radius 1 is 1.10 bits per heavy atom. The van der Waals surface area contributed by atoms with Gasteiger partial charge in [-0.25, -0.2) is 9.48 Å². The number of hydrogen-bond acceptors (Lipinski definition) is 4. The van der Waals surface area contributed by atoms with Gasteiger partial charge in [0, 0.05) is 12.0 Å². The zero-order valence-corrected chi connectivity index (χ0v) is 16.1. The van der Waals surface area contributed by atoms with E-state index in [0.717, 1.165) is 41.8 Å². The average Bonchev–Trinajstić information content (AvgIpc) is 3.31. The standard InChI is InChI=1S/C23H21N3O3/c1-23(14-15-8-5-6-11-17(15)21(27)29-23)22(28)24-20-18-12-7-13-19(18)25-26(20)16-9-3-2-4-10-16/h2-6,8-11H,7,12-14H2,1H3,(H,24,28). The third-order valence-corrected chi connectivity index (χ3v) is 5.70. The van der Waals surface area contributed by atoms with Crippen molar-refractivity contribution < 1.29 is 14.3 Å². The first-order valence-electron chi connectivity index (χ1n) is 9.84. The highest BCUT2D eigenvalue weighted by molar-refractivity contribution is 6.02. The van der Waals surface area contributed by atoms with Crippen molar-refractivity contribution >= 4 is 17.7 Å². The van der Waals surface area contributed by atoms with E-state index in [-0.39, 0.29) is 5.91 Å². The van der Waals surface area contributed by atoms with Gasteiger partial charge in [-0.1, -0.05) is 36.4 Å². The molecular formula is C23H21N3O3. The van der Waals surface area contributed by atoms with Crippen LogP contribution in [0, 0.1) is 0 Å². The quantitative estimate of drug-likeness (QED) is 0.699. The van der Waals surface area contributed by atoms with Crippen molar-refractivity contribution in [3.05, 3.63) is 77.0 Å². The van der Waals surface area contributed by atoms with Crippen molar-refractivity contribution in [3.63, 3.8) is 0 Å². The number of rotatable bonds is 3. The summed E-state index contributed by atoms with van der Waals surface area (Å²) in [5.41, 5.74) is 3.03. The highest BCUT2D eigenvalue weighted by atomic mass is 16.6. The fourth-order valence-corrected chi connectivity index (χ4v) is 4.18. The minimum atomic E-state index is -1.28. The van der Waals surface area contributed by atoms with Gasteiger partial charge in [0.1, 0.15) is 5.82 Å². The first-order valence-corrected chi connectivity index (χ1v) is 9.84. The van der Waals surface area contributed by atoms with Gasteiger partial charge >= 0.3 is 5.97 Å². The van der Waals surface area contributed by atoms with E-state index in [1.165, 1.54) is 0 Å². The molecule has 1 aliphatic carbocycles. The zero-order valence-electron chi connectivity index (χ0n) is 16.1. The van der Waals surface area contributed by atoms with E-state index in [1.807, 2.05) is 42.5 Å². The van der Waals surface area contributed by atoms with E-state index < -0.39 is 11.6 Å². The van der Waals surface area contributed by atoms with Crippen LogP contribution in [0.4, 0.5) is 5.82 Å². The fourth-order valence-electron chi connectivity index (χ4n) is 4.18. The summed E-state index contributed by atoms with van der Waals surface area (Å²) in [7, 11) is 0. The maximum absolute atomic E-state index is 13.3. The first kappa shape index (κ1) is 17.7. The molecule has 1 aromatic heterocycles. The van der Waals surface area contributed by atoms with E-state index in [4.69, 9.17) is 9.84 Å². The Bertz CT molecular complexity index is 1120. The summed E-state index contributed by atoms with van der Waals surface area (Å²) in [6.45, 7) is 1.67. The minimum absolute atomic E-state index is 0.336. The van der Waals surface area contributed by atoms with Crippen molar-refractivity contribution in [1.29, 1.82) is 0 Å². The van der Waals surface area contributed by atoms with E-state index >= 15 is 0 Å². The SMILES string of the molecule is CC1(C(=O)Nc2c3c(nn2-c2ccccc2)CCC3)Cc2ccccc2C(=O)O1. The lowest BCUT2D eigenvalue weighted by Gasteiger charge is -2.33. The number of aryl methyl sites for hydroxylation is 1. The number of amides is 1. The summed E-state index contributed by atoms with van der Waals surface area (Å²) in [5.74, 6) is -0.136. The Hall–Kier alpha value is -3.41. The Morgan fingerprint density at radius 3 is 2.69 bits per heavy atom. The summed E-state index contributed by atoms with van der Waals surface area (Å²) in [4.78, 5) is 25.8. The van der Waals surface area contributed by atoms with Crippen LogP contribution >= 0.6 is 0 Å². The van der Waals surface area contributed by atoms with Crippen molar-refractivity contribution in [2.75, 3.05) is 5.32 Å². The molecular weight excluding hydrogens is 366 g/mol. The number of nitrogens with zero attached hydrogens (tertiary/aromatic N) is 2. The molecule has 146 valence electrons. The molecule has 1 N–H and O–H groups in total. The normalized spacial score (nSPS) is 20.0. The van der Waals surface area contributed by atoms with Crippen LogP contribution in [0.1, 0.15) is 40.5 Å². The predicted molar refractivity (Wildman–Crippen MR) is 108 cm³/mol. The molecule has 2 heterocycles. The number of esters is 1. The Labute approximate surface area is 168 Å². The second-order valence-electron chi connectivity index (χ2n) is 7.78. The van der Waals surface area contributed by atoms with Crippen LogP contribution < -0.4 is 5.32 Å². The van der Waals surface area contributed by atoms with Crippen molar-refractivity contribution in [3.8, 4) is 5.69 Å². The second kappa shape index (κ2) is 6.58. The number of aromatic nitrogens is 2. The highest BCUT2D eigenvalue weighted by Gasteiger charge is 2.43. The predicted octanol–water partition coefficient (Wildman–Crippen LogP) is 3.47. The smallest absolute Gasteiger partial charge is 0.339 e. The number of ether oxygens (including phenoxy) is 1. The van der Waals surface area contributed by atoms with Crippen LogP contribution in [0.2, 0.25) is 0 Å². The molecule has 2 aliphatic rings. The van der Waals surface area contributed by atoms with E-state index in [9.17, 15) is 9.59 Å². The van der Waals surface area contributed by atoms with Gasteiger partial charge in [-0.05, 0) is 49.9 Å². The van der Waals surface area contributed by atoms with Gasteiger partial charge in [-0.3, -0.25) is 4.79 Å². The molecule has 0 radical (unpaired) electrons. The number of cyclic esters (lactones) is 1. The van der Waals surface area contributed by atoms with E-state index in [2.05, 4.69) is 5.32 Å². The van der Waals surface area contributed by atoms with Gasteiger partial charge < -0.3 is 10.1 Å². The maximum atomic E-state index is 13.3. The van der Waals surface area contributed by atoms with E-state index in [1.54, 1.807) is 23.7 Å². The number of anilines is 1. The van der Waals surface area contributed by atoms with Crippen LogP contribution in [0.25, 0.3) is 5.69 Å². The molecule has 1 unspecified atom stereocenters. The second-order valence-corrected chi connectivity index (χ2v) is 7.78. The van der Waals surface area contributed by atoms with Crippen LogP contribution in [0.3, 0.4) is 0 Å². The molecule has 3 aromatic rings. The Morgan fingerprint density at radius 2 is 1.86 bits per heavy atom. The van der Waals surface area contributed by atoms with Gasteiger partial charge in [-0.15, -0.1) is 0 Å². The Balaban J connectivity index is 1.50. The highest BCUT2D eigenvalue weighted by Crippen LogP contribution is 2.33. The van der Waals surface area contributed by atoms with Gasteiger partial charge in [0.05, 0.1) is 16.9 Å². The van der Waals surface area contributed by atoms with Crippen molar-refractivity contribution in [2.24, 2.45) is 0 Å². The third kappa shape index (κ3) is 2.92. The number of benzene rings is 2. The molecule has 6 nitrogen and oxygen atoms in total. The number of nitrogens with one attached hydrogen (secondary N) is 1. The molecule has 0 fully saturated rings. The van der Waals surface area contributed by atoms with Crippen molar-refractivity contribution in [2.45, 2.75) is 38.2 Å². The lowest BCUT2D eigenvalue weighted by Crippen LogP contribution is -2.49. The third-order valence-electron chi connectivity index (χ3n) is 5.70. The number of carbonyl (C=O) groups is 2. The summed E-state index contributed by atoms with van der Waals surface area (Å²) >= 11 is 0. The summed E-state index contributed by atoms with van der Waals surface area (Å²) in [6, 6.07) is 17.0. The van der Waals surface area contributed by atoms with Gasteiger partial charge in [-0.2, -0.15) is 5.10 Å². The number of fused-ring (bicyclic) bond motifs is 2. The van der Waals surface area contributed by atoms with Crippen molar-refractivity contribution in [1.82, 2.24) is 9.78 Å². The summed E-state index contributed by atoms with van der Waals surface area (Å²) in [6.07, 6.45) is 3.13. The maximum Gasteiger partial charge on any atom is 0.339 e. The molecule has 0 spiro atoms. The molecule has 2 aromatic carbocycles. The first-order chi connectivity index (χ1) is 14.0. The number of hydrogen-bond donors (Lipinski definition) is 1. The number of carbonyl (C=O) groups excluding carboxylic acids is 2. The molecule has 1 amide bonds. The van der Waals surface area contributed by atoms with Crippen LogP contribution in [0.15, 0.2) is 54.6 Å². The Kier molecular flexibility index (Phi) is 4.01. The molecule has 1 atom stereocenters. The molecule has 6 heteroatoms. The van der Waals surface area contributed by atoms with Gasteiger partial charge in [0.25, 0.3) is 5.91 Å². The van der Waals surface area contributed by atoms with Gasteiger partial charge in [0.15, 0.2) is 5.60 Å². The molecule has 0 saturated carbocycles. The van der Waals surface area contributed by atoms with Crippen LogP contribution in [0.5, 0.6) is 0 Å². The average molecular weight is 387 g/mol. The summed E-state index contributed by atoms with van der Waals surface area (Å²) < 4.78 is 7.38. The largest absolute Gasteiger partial charge is 0.445 e. The fraction of sp³-hybridized carbons (Fsp3) is 0.261. The van der Waals surface area contributed by atoms with Crippen LogP contribution in [-0.2, 0) is 28.8 Å². The number of para-hydroxylation sites is 1. The van der Waals surface area contributed by atoms with Gasteiger partial charge in [0.2, 0.25) is 0 Å². The monoisotopic (exact) mass is 387 g/mol. The minimum Gasteiger partial charge on any atom is -0.445 e. The topological polar surface area (TPSA) is 73.2 Å². The molecule has 0 bridgehead atoms. The molecule has 29 heavy (non-hydrogen) atoms. The molecule has 5 rings (SSSR count). The van der Waals surface area contributed by atoms with E-state index in [0.29, 0.717) is 17.8 Å². The lowest BCUT2D eigenvalue weighted by atomic mass is 9.89. The lowest BCUT2D eigenvalue weighted by molar-refractivity contribution is -0.134. The van der Waals surface area contributed by atoms with Crippen LogP contribution in [-0.4, -0.2) is 27.3 Å².